The molecule has 118 valence electrons. The van der Waals surface area contributed by atoms with E-state index in [1.807, 2.05) is 0 Å². The molecule has 1 unspecified atom stereocenters. The molecule has 1 fully saturated rings. The molecular formula is C17H27ClN2O. The van der Waals surface area contributed by atoms with Crippen molar-refractivity contribution in [2.45, 2.75) is 51.5 Å². The Morgan fingerprint density at radius 2 is 2.00 bits per heavy atom. The summed E-state index contributed by atoms with van der Waals surface area (Å²) in [5.41, 5.74) is 8.17. The fraction of sp³-hybridized carbons (Fsp3) is 0.588. The smallest absolute Gasteiger partial charge is 0.223 e. The molecule has 1 saturated heterocycles. The van der Waals surface area contributed by atoms with Crippen molar-refractivity contribution in [2.24, 2.45) is 5.73 Å². The predicted octanol–water partition coefficient (Wildman–Crippen LogP) is 3.08. The number of carbonyl (C=O) groups is 1. The first kappa shape index (κ1) is 18.0. The Morgan fingerprint density at radius 3 is 2.67 bits per heavy atom. The van der Waals surface area contributed by atoms with Gasteiger partial charge in [-0.1, -0.05) is 29.8 Å². The molecule has 0 radical (unpaired) electrons. The van der Waals surface area contributed by atoms with Crippen molar-refractivity contribution in [1.29, 1.82) is 0 Å². The molecule has 0 spiro atoms. The molecule has 1 atom stereocenters. The number of carbonyl (C=O) groups excluding carboxylic acids is 1. The third-order valence-corrected chi connectivity index (χ3v) is 4.20. The zero-order chi connectivity index (χ0) is 14.4. The first-order valence-electron chi connectivity index (χ1n) is 7.76. The molecule has 1 aromatic carbocycles. The van der Waals surface area contributed by atoms with E-state index in [-0.39, 0.29) is 12.4 Å². The second kappa shape index (κ2) is 9.06. The molecule has 1 amide bonds. The molecule has 0 aliphatic carbocycles. The number of rotatable bonds is 5. The van der Waals surface area contributed by atoms with Gasteiger partial charge in [0.05, 0.1) is 0 Å². The van der Waals surface area contributed by atoms with Crippen molar-refractivity contribution in [3.05, 3.63) is 35.4 Å². The van der Waals surface area contributed by atoms with Crippen LogP contribution in [-0.4, -0.2) is 29.9 Å². The number of halogens is 1. The molecule has 0 saturated carbocycles. The number of hydrogen-bond donors (Lipinski definition) is 1. The lowest BCUT2D eigenvalue weighted by atomic mass is 9.98. The summed E-state index contributed by atoms with van der Waals surface area (Å²) in [4.78, 5) is 14.5. The van der Waals surface area contributed by atoms with Crippen LogP contribution in [-0.2, 0) is 11.2 Å². The van der Waals surface area contributed by atoms with Crippen LogP contribution in [0.5, 0.6) is 0 Å². The number of aryl methyl sites for hydroxylation is 2. The van der Waals surface area contributed by atoms with E-state index in [0.29, 0.717) is 24.9 Å². The molecule has 2 N–H and O–H groups in total. The average Bonchev–Trinajstić information content (AvgIpc) is 2.47. The Bertz CT molecular complexity index is 431. The summed E-state index contributed by atoms with van der Waals surface area (Å²) in [7, 11) is 0. The van der Waals surface area contributed by atoms with Gasteiger partial charge in [0.15, 0.2) is 0 Å². The molecular weight excluding hydrogens is 284 g/mol. The SMILES string of the molecule is Cc1ccc(CCC(=O)N2CCCCC2CCN)cc1.Cl. The Hall–Kier alpha value is -1.06. The van der Waals surface area contributed by atoms with E-state index in [0.717, 1.165) is 32.2 Å². The first-order valence-corrected chi connectivity index (χ1v) is 7.76. The summed E-state index contributed by atoms with van der Waals surface area (Å²) in [6, 6.07) is 8.83. The number of piperidine rings is 1. The van der Waals surface area contributed by atoms with Crippen LogP contribution in [0, 0.1) is 6.92 Å². The topological polar surface area (TPSA) is 46.3 Å². The van der Waals surface area contributed by atoms with Crippen LogP contribution in [0.15, 0.2) is 24.3 Å². The molecule has 21 heavy (non-hydrogen) atoms. The first-order chi connectivity index (χ1) is 9.70. The van der Waals surface area contributed by atoms with Gasteiger partial charge in [-0.05, 0) is 51.1 Å². The molecule has 0 aromatic heterocycles. The molecule has 1 aromatic rings. The Balaban J connectivity index is 0.00000220. The second-order valence-corrected chi connectivity index (χ2v) is 5.80. The van der Waals surface area contributed by atoms with E-state index in [4.69, 9.17) is 5.73 Å². The number of likely N-dealkylation sites (tertiary alicyclic amines) is 1. The van der Waals surface area contributed by atoms with Gasteiger partial charge in [0, 0.05) is 19.0 Å². The third-order valence-electron chi connectivity index (χ3n) is 4.20. The minimum absolute atomic E-state index is 0. The van der Waals surface area contributed by atoms with Gasteiger partial charge in [0.2, 0.25) is 5.91 Å². The van der Waals surface area contributed by atoms with Crippen LogP contribution in [0.3, 0.4) is 0 Å². The Labute approximate surface area is 134 Å². The highest BCUT2D eigenvalue weighted by Crippen LogP contribution is 2.20. The maximum absolute atomic E-state index is 12.4. The molecule has 3 nitrogen and oxygen atoms in total. The minimum Gasteiger partial charge on any atom is -0.340 e. The van der Waals surface area contributed by atoms with Gasteiger partial charge in [-0.25, -0.2) is 0 Å². The maximum Gasteiger partial charge on any atom is 0.223 e. The predicted molar refractivity (Wildman–Crippen MR) is 89.8 cm³/mol. The van der Waals surface area contributed by atoms with Gasteiger partial charge in [0.25, 0.3) is 0 Å². The number of nitrogens with zero attached hydrogens (tertiary/aromatic N) is 1. The zero-order valence-electron chi connectivity index (χ0n) is 12.9. The van der Waals surface area contributed by atoms with Gasteiger partial charge in [-0.3, -0.25) is 4.79 Å². The standard InChI is InChI=1S/C17H26N2O.ClH/c1-14-5-7-15(8-6-14)9-10-17(20)19-13-3-2-4-16(19)11-12-18;/h5-8,16H,2-4,9-13,18H2,1H3;1H. The second-order valence-electron chi connectivity index (χ2n) is 5.80. The van der Waals surface area contributed by atoms with Gasteiger partial charge >= 0.3 is 0 Å². The van der Waals surface area contributed by atoms with Crippen molar-refractivity contribution in [3.63, 3.8) is 0 Å². The quantitative estimate of drug-likeness (QED) is 0.908. The largest absolute Gasteiger partial charge is 0.340 e. The molecule has 4 heteroatoms. The lowest BCUT2D eigenvalue weighted by Gasteiger charge is -2.35. The monoisotopic (exact) mass is 310 g/mol. The van der Waals surface area contributed by atoms with Crippen LogP contribution in [0.1, 0.15) is 43.2 Å². The van der Waals surface area contributed by atoms with Gasteiger partial charge in [-0.2, -0.15) is 0 Å². The van der Waals surface area contributed by atoms with Gasteiger partial charge in [0.1, 0.15) is 0 Å². The van der Waals surface area contributed by atoms with Crippen LogP contribution in [0.4, 0.5) is 0 Å². The zero-order valence-corrected chi connectivity index (χ0v) is 13.7. The summed E-state index contributed by atoms with van der Waals surface area (Å²) < 4.78 is 0. The highest BCUT2D eigenvalue weighted by molar-refractivity contribution is 5.85. The molecule has 0 bridgehead atoms. The molecule has 1 aliphatic heterocycles. The minimum atomic E-state index is 0. The molecule has 1 heterocycles. The Morgan fingerprint density at radius 1 is 1.29 bits per heavy atom. The van der Waals surface area contributed by atoms with E-state index in [1.54, 1.807) is 0 Å². The number of nitrogens with two attached hydrogens (primary N) is 1. The summed E-state index contributed by atoms with van der Waals surface area (Å²) in [5.74, 6) is 0.295. The van der Waals surface area contributed by atoms with Gasteiger partial charge in [-0.15, -0.1) is 12.4 Å². The van der Waals surface area contributed by atoms with Crippen LogP contribution in [0.2, 0.25) is 0 Å². The maximum atomic E-state index is 12.4. The van der Waals surface area contributed by atoms with E-state index < -0.39 is 0 Å². The van der Waals surface area contributed by atoms with Crippen molar-refractivity contribution in [1.82, 2.24) is 4.90 Å². The van der Waals surface area contributed by atoms with Crippen molar-refractivity contribution < 1.29 is 4.79 Å². The van der Waals surface area contributed by atoms with Gasteiger partial charge < -0.3 is 10.6 Å². The van der Waals surface area contributed by atoms with E-state index in [1.165, 1.54) is 17.5 Å². The van der Waals surface area contributed by atoms with E-state index in [9.17, 15) is 4.79 Å². The highest BCUT2D eigenvalue weighted by atomic mass is 35.5. The Kier molecular flexibility index (Phi) is 7.76. The summed E-state index contributed by atoms with van der Waals surface area (Å²) in [5, 5.41) is 0. The van der Waals surface area contributed by atoms with Crippen LogP contribution in [0.25, 0.3) is 0 Å². The third kappa shape index (κ3) is 5.33. The molecule has 1 aliphatic rings. The van der Waals surface area contributed by atoms with E-state index >= 15 is 0 Å². The number of benzene rings is 1. The summed E-state index contributed by atoms with van der Waals surface area (Å²) in [6.45, 7) is 3.67. The van der Waals surface area contributed by atoms with Crippen molar-refractivity contribution in [2.75, 3.05) is 13.1 Å². The fourth-order valence-corrected chi connectivity index (χ4v) is 2.97. The highest BCUT2D eigenvalue weighted by Gasteiger charge is 2.25. The molecule has 2 rings (SSSR count). The van der Waals surface area contributed by atoms with Crippen molar-refractivity contribution in [3.8, 4) is 0 Å². The number of hydrogen-bond acceptors (Lipinski definition) is 2. The van der Waals surface area contributed by atoms with E-state index in [2.05, 4.69) is 36.1 Å². The fourth-order valence-electron chi connectivity index (χ4n) is 2.97. The van der Waals surface area contributed by atoms with Crippen LogP contribution >= 0.6 is 12.4 Å². The summed E-state index contributed by atoms with van der Waals surface area (Å²) >= 11 is 0. The normalized spacial score (nSPS) is 18.2. The lowest BCUT2D eigenvalue weighted by molar-refractivity contribution is -0.134. The average molecular weight is 311 g/mol. The lowest BCUT2D eigenvalue weighted by Crippen LogP contribution is -2.44. The van der Waals surface area contributed by atoms with Crippen LogP contribution < -0.4 is 5.73 Å². The van der Waals surface area contributed by atoms with Crippen molar-refractivity contribution >= 4 is 18.3 Å². The summed E-state index contributed by atoms with van der Waals surface area (Å²) in [6.07, 6.45) is 5.88. The number of amides is 1.